The van der Waals surface area contributed by atoms with Crippen molar-refractivity contribution >= 4 is 17.4 Å². The maximum Gasteiger partial charge on any atom is 0.287 e. The topological polar surface area (TPSA) is 88.4 Å². The van der Waals surface area contributed by atoms with Crippen LogP contribution in [0.1, 0.15) is 20.3 Å². The van der Waals surface area contributed by atoms with Crippen LogP contribution in [-0.2, 0) is 4.79 Å². The Hall–Kier alpha value is -2.18. The largest absolute Gasteiger partial charge is 0.365 e. The van der Waals surface area contributed by atoms with Crippen molar-refractivity contribution in [3.8, 4) is 0 Å². The van der Waals surface area contributed by atoms with E-state index in [1.165, 1.54) is 12.3 Å². The molecule has 1 aromatic heterocycles. The van der Waals surface area contributed by atoms with Gasteiger partial charge in [0.05, 0.1) is 11.0 Å². The van der Waals surface area contributed by atoms with Crippen molar-refractivity contribution in [3.63, 3.8) is 0 Å². The molecule has 1 amide bonds. The van der Waals surface area contributed by atoms with Gasteiger partial charge in [0, 0.05) is 25.1 Å². The zero-order valence-corrected chi connectivity index (χ0v) is 10.9. The summed E-state index contributed by atoms with van der Waals surface area (Å²) in [5, 5.41) is 13.6. The van der Waals surface area contributed by atoms with Gasteiger partial charge in [-0.3, -0.25) is 14.9 Å². The van der Waals surface area contributed by atoms with Gasteiger partial charge in [0.2, 0.25) is 5.91 Å². The number of hydrogen-bond donors (Lipinski definition) is 1. The predicted molar refractivity (Wildman–Crippen MR) is 69.8 cm³/mol. The van der Waals surface area contributed by atoms with Crippen LogP contribution in [0.25, 0.3) is 0 Å². The number of anilines is 1. The number of carbonyl (C=O) groups excluding carboxylic acids is 1. The van der Waals surface area contributed by atoms with Gasteiger partial charge >= 0.3 is 0 Å². The van der Waals surface area contributed by atoms with Gasteiger partial charge in [-0.1, -0.05) is 0 Å². The molecule has 0 aromatic carbocycles. The van der Waals surface area contributed by atoms with Crippen LogP contribution in [0.3, 0.4) is 0 Å². The van der Waals surface area contributed by atoms with Crippen molar-refractivity contribution in [3.05, 3.63) is 28.4 Å². The van der Waals surface area contributed by atoms with Crippen LogP contribution < -0.4 is 5.32 Å². The lowest BCUT2D eigenvalue weighted by atomic mass is 10.2. The molecule has 0 aliphatic carbocycles. The zero-order valence-electron chi connectivity index (χ0n) is 10.9. The number of carbonyl (C=O) groups is 1. The van der Waals surface area contributed by atoms with Crippen molar-refractivity contribution in [1.29, 1.82) is 0 Å². The first-order chi connectivity index (χ1) is 8.97. The van der Waals surface area contributed by atoms with E-state index < -0.39 is 4.92 Å². The summed E-state index contributed by atoms with van der Waals surface area (Å²) < 4.78 is 0. The second-order valence-corrected chi connectivity index (χ2v) is 4.84. The van der Waals surface area contributed by atoms with Crippen LogP contribution >= 0.6 is 0 Å². The Labute approximate surface area is 110 Å². The van der Waals surface area contributed by atoms with Gasteiger partial charge in [-0.2, -0.15) is 0 Å². The standard InChI is InChI=1S/C12H16N4O3/c1-8(2)15-7-9(5-12(15)17)14-11-4-3-10(6-13-11)16(18)19/h3-4,6,8-9H,5,7H2,1-2H3,(H,13,14)/t9-/m1/s1. The van der Waals surface area contributed by atoms with E-state index in [2.05, 4.69) is 10.3 Å². The number of nitrogens with one attached hydrogen (secondary N) is 1. The average molecular weight is 264 g/mol. The molecule has 1 fully saturated rings. The first-order valence-electron chi connectivity index (χ1n) is 6.14. The Kier molecular flexibility index (Phi) is 3.64. The highest BCUT2D eigenvalue weighted by molar-refractivity contribution is 5.80. The molecular weight excluding hydrogens is 248 g/mol. The number of rotatable bonds is 4. The van der Waals surface area contributed by atoms with Crippen molar-refractivity contribution < 1.29 is 9.72 Å². The smallest absolute Gasteiger partial charge is 0.287 e. The Morgan fingerprint density at radius 3 is 2.74 bits per heavy atom. The molecule has 0 spiro atoms. The number of nitro groups is 1. The molecule has 7 nitrogen and oxygen atoms in total. The maximum absolute atomic E-state index is 11.7. The number of aromatic nitrogens is 1. The van der Waals surface area contributed by atoms with E-state index in [9.17, 15) is 14.9 Å². The molecule has 102 valence electrons. The molecule has 1 aliphatic heterocycles. The Bertz CT molecular complexity index is 486. The second kappa shape index (κ2) is 5.21. The molecule has 0 radical (unpaired) electrons. The highest BCUT2D eigenvalue weighted by atomic mass is 16.6. The summed E-state index contributed by atoms with van der Waals surface area (Å²) in [5.74, 6) is 0.670. The molecule has 1 aromatic rings. The van der Waals surface area contributed by atoms with Gasteiger partial charge in [0.25, 0.3) is 5.69 Å². The zero-order chi connectivity index (χ0) is 14.0. The normalized spacial score (nSPS) is 19.0. The number of likely N-dealkylation sites (tertiary alicyclic amines) is 1. The van der Waals surface area contributed by atoms with E-state index in [-0.39, 0.29) is 23.7 Å². The number of pyridine rings is 1. The molecular formula is C12H16N4O3. The molecule has 0 bridgehead atoms. The van der Waals surface area contributed by atoms with Crippen LogP contribution in [-0.4, -0.2) is 39.3 Å². The highest BCUT2D eigenvalue weighted by Gasteiger charge is 2.31. The number of nitrogens with zero attached hydrogens (tertiary/aromatic N) is 3. The molecule has 1 saturated heterocycles. The summed E-state index contributed by atoms with van der Waals surface area (Å²) >= 11 is 0. The summed E-state index contributed by atoms with van der Waals surface area (Å²) in [6.45, 7) is 4.59. The monoisotopic (exact) mass is 264 g/mol. The summed E-state index contributed by atoms with van der Waals surface area (Å²) in [7, 11) is 0. The quantitative estimate of drug-likeness (QED) is 0.656. The van der Waals surface area contributed by atoms with E-state index in [0.29, 0.717) is 18.8 Å². The first-order valence-corrected chi connectivity index (χ1v) is 6.14. The highest BCUT2D eigenvalue weighted by Crippen LogP contribution is 2.19. The lowest BCUT2D eigenvalue weighted by Crippen LogP contribution is -2.33. The van der Waals surface area contributed by atoms with Gasteiger partial charge in [-0.05, 0) is 19.9 Å². The van der Waals surface area contributed by atoms with Gasteiger partial charge in [-0.15, -0.1) is 0 Å². The van der Waals surface area contributed by atoms with Gasteiger partial charge < -0.3 is 10.2 Å². The average Bonchev–Trinajstić information content (AvgIpc) is 2.71. The fraction of sp³-hybridized carbons (Fsp3) is 0.500. The summed E-state index contributed by atoms with van der Waals surface area (Å²) in [5.41, 5.74) is -0.0446. The molecule has 1 N–H and O–H groups in total. The minimum atomic E-state index is -0.490. The minimum Gasteiger partial charge on any atom is -0.365 e. The van der Waals surface area contributed by atoms with Crippen molar-refractivity contribution in [2.45, 2.75) is 32.4 Å². The van der Waals surface area contributed by atoms with E-state index in [4.69, 9.17) is 0 Å². The molecule has 1 aliphatic rings. The fourth-order valence-electron chi connectivity index (χ4n) is 2.12. The van der Waals surface area contributed by atoms with Crippen molar-refractivity contribution in [2.24, 2.45) is 0 Å². The van der Waals surface area contributed by atoms with Gasteiger partial charge in [0.1, 0.15) is 12.0 Å². The van der Waals surface area contributed by atoms with Crippen LogP contribution in [0.2, 0.25) is 0 Å². The molecule has 7 heteroatoms. The van der Waals surface area contributed by atoms with Crippen LogP contribution in [0.15, 0.2) is 18.3 Å². The van der Waals surface area contributed by atoms with Crippen LogP contribution in [0.4, 0.5) is 11.5 Å². The Morgan fingerprint density at radius 1 is 1.53 bits per heavy atom. The van der Waals surface area contributed by atoms with E-state index >= 15 is 0 Å². The molecule has 19 heavy (non-hydrogen) atoms. The van der Waals surface area contributed by atoms with E-state index in [0.717, 1.165) is 0 Å². The number of amides is 1. The first kappa shape index (κ1) is 13.3. The van der Waals surface area contributed by atoms with E-state index in [1.807, 2.05) is 18.7 Å². The lowest BCUT2D eigenvalue weighted by molar-refractivity contribution is -0.385. The summed E-state index contributed by atoms with van der Waals surface area (Å²) in [4.78, 5) is 27.5. The third kappa shape index (κ3) is 2.98. The van der Waals surface area contributed by atoms with Gasteiger partial charge in [0.15, 0.2) is 0 Å². The third-order valence-electron chi connectivity index (χ3n) is 3.09. The molecule has 2 heterocycles. The van der Waals surface area contributed by atoms with Crippen molar-refractivity contribution in [2.75, 3.05) is 11.9 Å². The molecule has 1 atom stereocenters. The lowest BCUT2D eigenvalue weighted by Gasteiger charge is -2.21. The molecule has 0 saturated carbocycles. The fourth-order valence-corrected chi connectivity index (χ4v) is 2.12. The minimum absolute atomic E-state index is 0.00357. The second-order valence-electron chi connectivity index (χ2n) is 4.84. The van der Waals surface area contributed by atoms with Crippen LogP contribution in [0, 0.1) is 10.1 Å². The molecule has 0 unspecified atom stereocenters. The van der Waals surface area contributed by atoms with Crippen molar-refractivity contribution in [1.82, 2.24) is 9.88 Å². The Morgan fingerprint density at radius 2 is 2.26 bits per heavy atom. The predicted octanol–water partition coefficient (Wildman–Crippen LogP) is 1.41. The SMILES string of the molecule is CC(C)N1C[C@H](Nc2ccc([N+](=O)[O-])cn2)CC1=O. The third-order valence-corrected chi connectivity index (χ3v) is 3.09. The molecule has 2 rings (SSSR count). The van der Waals surface area contributed by atoms with Gasteiger partial charge in [-0.25, -0.2) is 4.98 Å². The Balaban J connectivity index is 1.99. The summed E-state index contributed by atoms with van der Waals surface area (Å²) in [6, 6.07) is 3.14. The van der Waals surface area contributed by atoms with E-state index in [1.54, 1.807) is 6.07 Å². The number of hydrogen-bond acceptors (Lipinski definition) is 5. The van der Waals surface area contributed by atoms with Crippen LogP contribution in [0.5, 0.6) is 0 Å². The summed E-state index contributed by atoms with van der Waals surface area (Å²) in [6.07, 6.45) is 1.64. The maximum atomic E-state index is 11.7.